The summed E-state index contributed by atoms with van der Waals surface area (Å²) in [6, 6.07) is 6.72. The van der Waals surface area contributed by atoms with Crippen molar-refractivity contribution < 1.29 is 0 Å². The summed E-state index contributed by atoms with van der Waals surface area (Å²) in [5.41, 5.74) is 1.17. The Morgan fingerprint density at radius 1 is 1.33 bits per heavy atom. The summed E-state index contributed by atoms with van der Waals surface area (Å²) in [6.07, 6.45) is 4.07. The number of hydrogen-bond donors (Lipinski definition) is 1. The molecule has 0 aliphatic heterocycles. The Kier molecular flexibility index (Phi) is 5.33. The lowest BCUT2D eigenvalue weighted by Gasteiger charge is -2.20. The van der Waals surface area contributed by atoms with Crippen molar-refractivity contribution in [2.24, 2.45) is 5.92 Å². The first-order valence-corrected chi connectivity index (χ1v) is 5.87. The lowest BCUT2D eigenvalue weighted by atomic mass is 10.0. The zero-order chi connectivity index (χ0) is 11.1. The third-order valence-corrected chi connectivity index (χ3v) is 2.76. The Hall–Kier alpha value is -0.890. The fraction of sp³-hybridized carbons (Fsp3) is 0.615. The minimum Gasteiger partial charge on any atom is -0.313 e. The fourth-order valence-corrected chi connectivity index (χ4v) is 1.78. The molecule has 0 unspecified atom stereocenters. The van der Waals surface area contributed by atoms with Gasteiger partial charge in [0.1, 0.15) is 0 Å². The highest BCUT2D eigenvalue weighted by atomic mass is 14.9. The molecule has 0 bridgehead atoms. The first-order valence-electron chi connectivity index (χ1n) is 5.87. The van der Waals surface area contributed by atoms with Gasteiger partial charge in [-0.2, -0.15) is 0 Å². The highest BCUT2D eigenvalue weighted by Gasteiger charge is 2.09. The molecule has 0 radical (unpaired) electrons. The van der Waals surface area contributed by atoms with Gasteiger partial charge in [0.25, 0.3) is 0 Å². The van der Waals surface area contributed by atoms with E-state index in [1.165, 1.54) is 12.1 Å². The SMILES string of the molecule is CC[C@@H](NCCc1ccccn1)C(C)C. The van der Waals surface area contributed by atoms with E-state index < -0.39 is 0 Å². The zero-order valence-corrected chi connectivity index (χ0v) is 10.0. The van der Waals surface area contributed by atoms with Crippen LogP contribution in [0.1, 0.15) is 32.9 Å². The molecule has 0 amide bonds. The minimum atomic E-state index is 0.633. The summed E-state index contributed by atoms with van der Waals surface area (Å²) in [7, 11) is 0. The summed E-state index contributed by atoms with van der Waals surface area (Å²) in [6.45, 7) is 7.79. The van der Waals surface area contributed by atoms with Gasteiger partial charge >= 0.3 is 0 Å². The largest absolute Gasteiger partial charge is 0.313 e. The van der Waals surface area contributed by atoms with Crippen molar-refractivity contribution in [1.82, 2.24) is 10.3 Å². The molecule has 0 spiro atoms. The molecule has 1 heterocycles. The molecule has 0 fully saturated rings. The molecule has 1 aromatic rings. The molecule has 15 heavy (non-hydrogen) atoms. The maximum atomic E-state index is 4.31. The van der Waals surface area contributed by atoms with Gasteiger partial charge in [-0.25, -0.2) is 0 Å². The third kappa shape index (κ3) is 4.43. The maximum Gasteiger partial charge on any atom is 0.0416 e. The maximum absolute atomic E-state index is 4.31. The average Bonchev–Trinajstić information content (AvgIpc) is 2.25. The van der Waals surface area contributed by atoms with Gasteiger partial charge in [-0.15, -0.1) is 0 Å². The molecule has 2 nitrogen and oxygen atoms in total. The quantitative estimate of drug-likeness (QED) is 0.774. The van der Waals surface area contributed by atoms with Crippen molar-refractivity contribution in [1.29, 1.82) is 0 Å². The van der Waals surface area contributed by atoms with E-state index in [-0.39, 0.29) is 0 Å². The molecule has 1 rings (SSSR count). The van der Waals surface area contributed by atoms with E-state index in [9.17, 15) is 0 Å². The lowest BCUT2D eigenvalue weighted by molar-refractivity contribution is 0.391. The van der Waals surface area contributed by atoms with E-state index in [0.717, 1.165) is 13.0 Å². The van der Waals surface area contributed by atoms with Crippen LogP contribution in [0.3, 0.4) is 0 Å². The van der Waals surface area contributed by atoms with Crippen LogP contribution in [0.4, 0.5) is 0 Å². The van der Waals surface area contributed by atoms with Gasteiger partial charge < -0.3 is 5.32 Å². The van der Waals surface area contributed by atoms with Crippen molar-refractivity contribution in [3.05, 3.63) is 30.1 Å². The summed E-state index contributed by atoms with van der Waals surface area (Å²) in [5.74, 6) is 0.707. The van der Waals surface area contributed by atoms with E-state index >= 15 is 0 Å². The molecule has 1 atom stereocenters. The van der Waals surface area contributed by atoms with Crippen LogP contribution in [0, 0.1) is 5.92 Å². The van der Waals surface area contributed by atoms with Crippen molar-refractivity contribution in [2.75, 3.05) is 6.54 Å². The smallest absolute Gasteiger partial charge is 0.0416 e. The molecule has 2 heteroatoms. The van der Waals surface area contributed by atoms with Gasteiger partial charge in [0, 0.05) is 30.9 Å². The van der Waals surface area contributed by atoms with Crippen molar-refractivity contribution in [3.8, 4) is 0 Å². The van der Waals surface area contributed by atoms with Crippen LogP contribution in [-0.2, 0) is 6.42 Å². The van der Waals surface area contributed by atoms with E-state index in [2.05, 4.69) is 37.1 Å². The van der Waals surface area contributed by atoms with E-state index in [0.29, 0.717) is 12.0 Å². The van der Waals surface area contributed by atoms with Crippen molar-refractivity contribution >= 4 is 0 Å². The molecular weight excluding hydrogens is 184 g/mol. The Labute approximate surface area is 93.1 Å². The molecule has 0 aliphatic carbocycles. The van der Waals surface area contributed by atoms with Gasteiger partial charge in [0.15, 0.2) is 0 Å². The Morgan fingerprint density at radius 3 is 2.67 bits per heavy atom. The summed E-state index contributed by atoms with van der Waals surface area (Å²) in [4.78, 5) is 4.31. The molecule has 1 N–H and O–H groups in total. The minimum absolute atomic E-state index is 0.633. The second-order valence-corrected chi connectivity index (χ2v) is 4.28. The van der Waals surface area contributed by atoms with Gasteiger partial charge in [0.05, 0.1) is 0 Å². The second-order valence-electron chi connectivity index (χ2n) is 4.28. The van der Waals surface area contributed by atoms with Gasteiger partial charge in [0.2, 0.25) is 0 Å². The van der Waals surface area contributed by atoms with Crippen LogP contribution >= 0.6 is 0 Å². The van der Waals surface area contributed by atoms with Crippen LogP contribution in [0.5, 0.6) is 0 Å². The highest BCUT2D eigenvalue weighted by molar-refractivity contribution is 5.03. The first-order chi connectivity index (χ1) is 7.24. The predicted molar refractivity (Wildman–Crippen MR) is 64.9 cm³/mol. The third-order valence-electron chi connectivity index (χ3n) is 2.76. The second kappa shape index (κ2) is 6.57. The molecule has 1 aromatic heterocycles. The topological polar surface area (TPSA) is 24.9 Å². The normalized spacial score (nSPS) is 13.1. The van der Waals surface area contributed by atoms with E-state index in [4.69, 9.17) is 0 Å². The standard InChI is InChI=1S/C13H22N2/c1-4-13(11(2)3)15-10-8-12-7-5-6-9-14-12/h5-7,9,11,13,15H,4,8,10H2,1-3H3/t13-/m1/s1. The van der Waals surface area contributed by atoms with E-state index in [1.807, 2.05) is 18.3 Å². The number of hydrogen-bond acceptors (Lipinski definition) is 2. The van der Waals surface area contributed by atoms with Crippen LogP contribution < -0.4 is 5.32 Å². The van der Waals surface area contributed by atoms with E-state index in [1.54, 1.807) is 0 Å². The van der Waals surface area contributed by atoms with Gasteiger partial charge in [-0.1, -0.05) is 26.8 Å². The molecule has 0 saturated heterocycles. The van der Waals surface area contributed by atoms with Crippen LogP contribution in [0.2, 0.25) is 0 Å². The molecular formula is C13H22N2. The monoisotopic (exact) mass is 206 g/mol. The number of aromatic nitrogens is 1. The fourth-order valence-electron chi connectivity index (χ4n) is 1.78. The van der Waals surface area contributed by atoms with Crippen LogP contribution in [0.25, 0.3) is 0 Å². The van der Waals surface area contributed by atoms with Gasteiger partial charge in [-0.05, 0) is 24.5 Å². The summed E-state index contributed by atoms with van der Waals surface area (Å²) < 4.78 is 0. The lowest BCUT2D eigenvalue weighted by Crippen LogP contribution is -2.34. The van der Waals surface area contributed by atoms with Gasteiger partial charge in [-0.3, -0.25) is 4.98 Å². The molecule has 84 valence electrons. The average molecular weight is 206 g/mol. The number of rotatable bonds is 6. The Morgan fingerprint density at radius 2 is 2.13 bits per heavy atom. The first kappa shape index (κ1) is 12.2. The zero-order valence-electron chi connectivity index (χ0n) is 10.0. The number of pyridine rings is 1. The Bertz CT molecular complexity index is 256. The Balaban J connectivity index is 2.27. The number of nitrogens with one attached hydrogen (secondary N) is 1. The molecule has 0 aliphatic rings. The van der Waals surface area contributed by atoms with Crippen molar-refractivity contribution in [2.45, 2.75) is 39.7 Å². The molecule has 0 aromatic carbocycles. The highest BCUT2D eigenvalue weighted by Crippen LogP contribution is 2.05. The summed E-state index contributed by atoms with van der Waals surface area (Å²) in [5, 5.41) is 3.58. The predicted octanol–water partition coefficient (Wildman–Crippen LogP) is 2.65. The summed E-state index contributed by atoms with van der Waals surface area (Å²) >= 11 is 0. The van der Waals surface area contributed by atoms with Crippen LogP contribution in [-0.4, -0.2) is 17.6 Å². The van der Waals surface area contributed by atoms with Crippen molar-refractivity contribution in [3.63, 3.8) is 0 Å². The molecule has 0 saturated carbocycles. The van der Waals surface area contributed by atoms with Crippen LogP contribution in [0.15, 0.2) is 24.4 Å². The number of nitrogens with zero attached hydrogens (tertiary/aromatic N) is 1.